The molecule has 1 atom stereocenters. The SMILES string of the molecule is CCC[C@H](NC(=O)NCCc1cc(F)cc(F)c1)C(=O)O. The molecular weight excluding hydrogens is 282 g/mol. The van der Waals surface area contributed by atoms with Gasteiger partial charge in [0.25, 0.3) is 0 Å². The van der Waals surface area contributed by atoms with E-state index in [0.29, 0.717) is 18.4 Å². The van der Waals surface area contributed by atoms with Crippen LogP contribution in [0.5, 0.6) is 0 Å². The molecule has 1 aromatic carbocycles. The topological polar surface area (TPSA) is 78.4 Å². The number of carboxylic acid groups (broad SMARTS) is 1. The van der Waals surface area contributed by atoms with E-state index in [4.69, 9.17) is 5.11 Å². The Morgan fingerprint density at radius 2 is 1.86 bits per heavy atom. The predicted octanol–water partition coefficient (Wildman–Crippen LogP) is 2.06. The van der Waals surface area contributed by atoms with Crippen molar-refractivity contribution < 1.29 is 23.5 Å². The van der Waals surface area contributed by atoms with Gasteiger partial charge < -0.3 is 15.7 Å². The van der Waals surface area contributed by atoms with Crippen LogP contribution in [0.1, 0.15) is 25.3 Å². The maximum Gasteiger partial charge on any atom is 0.326 e. The third-order valence-electron chi connectivity index (χ3n) is 2.80. The van der Waals surface area contributed by atoms with Crippen LogP contribution < -0.4 is 10.6 Å². The average Bonchev–Trinajstić information content (AvgIpc) is 2.36. The number of amides is 2. The van der Waals surface area contributed by atoms with Crippen molar-refractivity contribution in [1.82, 2.24) is 10.6 Å². The fraction of sp³-hybridized carbons (Fsp3) is 0.429. The molecule has 5 nitrogen and oxygen atoms in total. The summed E-state index contributed by atoms with van der Waals surface area (Å²) in [6.07, 6.45) is 1.20. The van der Waals surface area contributed by atoms with Crippen LogP contribution in [0.25, 0.3) is 0 Å². The molecule has 0 heterocycles. The Hall–Kier alpha value is -2.18. The number of hydrogen-bond donors (Lipinski definition) is 3. The van der Waals surface area contributed by atoms with Gasteiger partial charge in [0.05, 0.1) is 0 Å². The number of aliphatic carboxylic acids is 1. The lowest BCUT2D eigenvalue weighted by molar-refractivity contribution is -0.139. The number of rotatable bonds is 7. The number of urea groups is 1. The van der Waals surface area contributed by atoms with Gasteiger partial charge in [-0.3, -0.25) is 0 Å². The van der Waals surface area contributed by atoms with Gasteiger partial charge in [-0.1, -0.05) is 13.3 Å². The van der Waals surface area contributed by atoms with Crippen LogP contribution in [-0.2, 0) is 11.2 Å². The number of carboxylic acids is 1. The van der Waals surface area contributed by atoms with Gasteiger partial charge in [0.1, 0.15) is 17.7 Å². The van der Waals surface area contributed by atoms with Crippen LogP contribution in [0.3, 0.4) is 0 Å². The Bertz CT molecular complexity index is 489. The Morgan fingerprint density at radius 3 is 2.38 bits per heavy atom. The Morgan fingerprint density at radius 1 is 1.24 bits per heavy atom. The molecule has 0 aliphatic rings. The maximum absolute atomic E-state index is 13.0. The van der Waals surface area contributed by atoms with E-state index in [2.05, 4.69) is 10.6 Å². The molecule has 0 unspecified atom stereocenters. The lowest BCUT2D eigenvalue weighted by Crippen LogP contribution is -2.46. The van der Waals surface area contributed by atoms with Crippen LogP contribution in [0.15, 0.2) is 18.2 Å². The number of halogens is 2. The van der Waals surface area contributed by atoms with Gasteiger partial charge >= 0.3 is 12.0 Å². The van der Waals surface area contributed by atoms with E-state index in [9.17, 15) is 18.4 Å². The molecule has 7 heteroatoms. The summed E-state index contributed by atoms with van der Waals surface area (Å²) < 4.78 is 25.9. The Labute approximate surface area is 121 Å². The highest BCUT2D eigenvalue weighted by Gasteiger charge is 2.18. The van der Waals surface area contributed by atoms with Crippen LogP contribution in [-0.4, -0.2) is 29.7 Å². The van der Waals surface area contributed by atoms with Crippen LogP contribution in [0.4, 0.5) is 13.6 Å². The molecule has 0 aliphatic heterocycles. The lowest BCUT2D eigenvalue weighted by atomic mass is 10.1. The smallest absolute Gasteiger partial charge is 0.326 e. The van der Waals surface area contributed by atoms with Gasteiger partial charge in [-0.25, -0.2) is 18.4 Å². The molecule has 3 N–H and O–H groups in total. The molecule has 0 saturated heterocycles. The molecule has 0 spiro atoms. The summed E-state index contributed by atoms with van der Waals surface area (Å²) in [5.41, 5.74) is 0.413. The number of carbonyl (C=O) groups excluding carboxylic acids is 1. The molecule has 2 amide bonds. The molecule has 0 aliphatic carbocycles. The molecule has 0 bridgehead atoms. The maximum atomic E-state index is 13.0. The summed E-state index contributed by atoms with van der Waals surface area (Å²) in [6, 6.07) is 1.57. The van der Waals surface area contributed by atoms with Crippen molar-refractivity contribution in [1.29, 1.82) is 0 Å². The van der Waals surface area contributed by atoms with E-state index < -0.39 is 29.7 Å². The van der Waals surface area contributed by atoms with Crippen LogP contribution >= 0.6 is 0 Å². The first-order valence-electron chi connectivity index (χ1n) is 6.64. The zero-order chi connectivity index (χ0) is 15.8. The molecule has 21 heavy (non-hydrogen) atoms. The molecule has 1 aromatic rings. The van der Waals surface area contributed by atoms with E-state index in [-0.39, 0.29) is 13.0 Å². The van der Waals surface area contributed by atoms with Crippen molar-refractivity contribution in [2.24, 2.45) is 0 Å². The highest BCUT2D eigenvalue weighted by molar-refractivity contribution is 5.82. The van der Waals surface area contributed by atoms with Crippen LogP contribution in [0, 0.1) is 11.6 Å². The van der Waals surface area contributed by atoms with E-state index in [1.165, 1.54) is 12.1 Å². The Balaban J connectivity index is 2.40. The lowest BCUT2D eigenvalue weighted by Gasteiger charge is -2.14. The minimum Gasteiger partial charge on any atom is -0.480 e. The normalized spacial score (nSPS) is 11.8. The standard InChI is InChI=1S/C14H18F2N2O3/c1-2-3-12(13(19)20)18-14(21)17-5-4-9-6-10(15)8-11(16)7-9/h6-8,12H,2-5H2,1H3,(H,19,20)(H2,17,18,21)/t12-/m0/s1. The first-order chi connectivity index (χ1) is 9.92. The molecular formula is C14H18F2N2O3. The molecule has 116 valence electrons. The van der Waals surface area contributed by atoms with Gasteiger partial charge in [-0.2, -0.15) is 0 Å². The van der Waals surface area contributed by atoms with Gasteiger partial charge in [0, 0.05) is 12.6 Å². The average molecular weight is 300 g/mol. The van der Waals surface area contributed by atoms with E-state index >= 15 is 0 Å². The monoisotopic (exact) mass is 300 g/mol. The summed E-state index contributed by atoms with van der Waals surface area (Å²) in [5.74, 6) is -2.45. The minimum absolute atomic E-state index is 0.146. The van der Waals surface area contributed by atoms with Crippen molar-refractivity contribution in [2.45, 2.75) is 32.2 Å². The fourth-order valence-corrected chi connectivity index (χ4v) is 1.83. The van der Waals surface area contributed by atoms with E-state index in [1.807, 2.05) is 6.92 Å². The highest BCUT2D eigenvalue weighted by atomic mass is 19.1. The van der Waals surface area contributed by atoms with Crippen LogP contribution in [0.2, 0.25) is 0 Å². The van der Waals surface area contributed by atoms with Gasteiger partial charge in [-0.05, 0) is 30.5 Å². The summed E-state index contributed by atoms with van der Waals surface area (Å²) in [6.45, 7) is 1.96. The summed E-state index contributed by atoms with van der Waals surface area (Å²) in [4.78, 5) is 22.4. The van der Waals surface area contributed by atoms with Gasteiger partial charge in [-0.15, -0.1) is 0 Å². The van der Waals surface area contributed by atoms with Crippen molar-refractivity contribution in [2.75, 3.05) is 6.54 Å². The number of hydrogen-bond acceptors (Lipinski definition) is 2. The van der Waals surface area contributed by atoms with Gasteiger partial charge in [0.2, 0.25) is 0 Å². The molecule has 0 aromatic heterocycles. The predicted molar refractivity (Wildman–Crippen MR) is 72.9 cm³/mol. The molecule has 0 radical (unpaired) electrons. The summed E-state index contributed by atoms with van der Waals surface area (Å²) >= 11 is 0. The third-order valence-corrected chi connectivity index (χ3v) is 2.80. The second-order valence-corrected chi connectivity index (χ2v) is 4.61. The fourth-order valence-electron chi connectivity index (χ4n) is 1.83. The number of benzene rings is 1. The molecule has 0 saturated carbocycles. The Kier molecular flexibility index (Phi) is 6.58. The van der Waals surface area contributed by atoms with Crippen molar-refractivity contribution >= 4 is 12.0 Å². The van der Waals surface area contributed by atoms with Crippen molar-refractivity contribution in [3.63, 3.8) is 0 Å². The molecule has 1 rings (SSSR count). The quantitative estimate of drug-likeness (QED) is 0.721. The second-order valence-electron chi connectivity index (χ2n) is 4.61. The largest absolute Gasteiger partial charge is 0.480 e. The summed E-state index contributed by atoms with van der Waals surface area (Å²) in [5, 5.41) is 13.7. The highest BCUT2D eigenvalue weighted by Crippen LogP contribution is 2.08. The zero-order valence-corrected chi connectivity index (χ0v) is 11.7. The van der Waals surface area contributed by atoms with Crippen molar-refractivity contribution in [3.05, 3.63) is 35.4 Å². The first kappa shape index (κ1) is 16.9. The second kappa shape index (κ2) is 8.18. The van der Waals surface area contributed by atoms with Gasteiger partial charge in [0.15, 0.2) is 0 Å². The molecule has 0 fully saturated rings. The first-order valence-corrected chi connectivity index (χ1v) is 6.64. The van der Waals surface area contributed by atoms with E-state index in [1.54, 1.807) is 0 Å². The number of carbonyl (C=O) groups is 2. The zero-order valence-electron chi connectivity index (χ0n) is 11.7. The number of nitrogens with one attached hydrogen (secondary N) is 2. The summed E-state index contributed by atoms with van der Waals surface area (Å²) in [7, 11) is 0. The van der Waals surface area contributed by atoms with E-state index in [0.717, 1.165) is 6.07 Å². The van der Waals surface area contributed by atoms with Crippen molar-refractivity contribution in [3.8, 4) is 0 Å². The minimum atomic E-state index is -1.10. The third kappa shape index (κ3) is 6.20.